The van der Waals surface area contributed by atoms with Gasteiger partial charge in [-0.05, 0) is 23.6 Å². The van der Waals surface area contributed by atoms with Gasteiger partial charge in [0, 0.05) is 31.9 Å². The Morgan fingerprint density at radius 2 is 1.91 bits per heavy atom. The van der Waals surface area contributed by atoms with E-state index in [0.29, 0.717) is 26.4 Å². The zero-order chi connectivity index (χ0) is 22.9. The highest BCUT2D eigenvalue weighted by atomic mass is 16.5. The summed E-state index contributed by atoms with van der Waals surface area (Å²) in [5, 5.41) is 7.74. The van der Waals surface area contributed by atoms with Gasteiger partial charge in [-0.15, -0.1) is 0 Å². The quantitative estimate of drug-likeness (QED) is 0.422. The van der Waals surface area contributed by atoms with Gasteiger partial charge in [0.25, 0.3) is 0 Å². The molecule has 0 aliphatic carbocycles. The number of aryl methyl sites for hydroxylation is 1. The van der Waals surface area contributed by atoms with Crippen LogP contribution < -0.4 is 5.32 Å². The second-order valence-electron chi connectivity index (χ2n) is 8.17. The minimum Gasteiger partial charge on any atom is -0.372 e. The van der Waals surface area contributed by atoms with Gasteiger partial charge in [0.2, 0.25) is 0 Å². The molecular weight excluding hydrogens is 414 g/mol. The summed E-state index contributed by atoms with van der Waals surface area (Å²) >= 11 is 0. The third-order valence-corrected chi connectivity index (χ3v) is 5.68. The fourth-order valence-corrected chi connectivity index (χ4v) is 3.94. The molecule has 0 spiro atoms. The molecule has 174 valence electrons. The van der Waals surface area contributed by atoms with Crippen molar-refractivity contribution < 1.29 is 9.47 Å². The van der Waals surface area contributed by atoms with Gasteiger partial charge in [0.1, 0.15) is 6.10 Å². The fraction of sp³-hybridized carbons (Fsp3) is 0.385. The van der Waals surface area contributed by atoms with Gasteiger partial charge in [0.05, 0.1) is 39.1 Å². The summed E-state index contributed by atoms with van der Waals surface area (Å²) in [4.78, 5) is 7.24. The summed E-state index contributed by atoms with van der Waals surface area (Å²) < 4.78 is 13.8. The molecule has 3 aromatic rings. The highest BCUT2D eigenvalue weighted by Gasteiger charge is 2.25. The molecular formula is C26H33N5O2. The molecule has 1 unspecified atom stereocenters. The predicted molar refractivity (Wildman–Crippen MR) is 130 cm³/mol. The molecule has 0 amide bonds. The lowest BCUT2D eigenvalue weighted by Crippen LogP contribution is -2.48. The number of benzene rings is 2. The number of morpholine rings is 1. The van der Waals surface area contributed by atoms with Crippen molar-refractivity contribution in [3.05, 3.63) is 89.2 Å². The van der Waals surface area contributed by atoms with Crippen LogP contribution in [0.2, 0.25) is 0 Å². The Morgan fingerprint density at radius 3 is 2.67 bits per heavy atom. The van der Waals surface area contributed by atoms with E-state index in [2.05, 4.69) is 58.6 Å². The monoisotopic (exact) mass is 447 g/mol. The Balaban J connectivity index is 1.41. The van der Waals surface area contributed by atoms with Crippen LogP contribution in [0.3, 0.4) is 0 Å². The van der Waals surface area contributed by atoms with Crippen molar-refractivity contribution in [1.29, 1.82) is 0 Å². The Bertz CT molecular complexity index is 1030. The van der Waals surface area contributed by atoms with Gasteiger partial charge in [-0.25, -0.2) is 4.99 Å². The van der Waals surface area contributed by atoms with Crippen molar-refractivity contribution in [2.75, 3.05) is 26.2 Å². The largest absolute Gasteiger partial charge is 0.372 e. The van der Waals surface area contributed by atoms with Gasteiger partial charge < -0.3 is 19.7 Å². The number of ether oxygens (including phenoxy) is 2. The van der Waals surface area contributed by atoms with Crippen LogP contribution in [-0.2, 0) is 36.3 Å². The highest BCUT2D eigenvalue weighted by molar-refractivity contribution is 5.80. The van der Waals surface area contributed by atoms with Crippen LogP contribution in [0.25, 0.3) is 0 Å². The second-order valence-corrected chi connectivity index (χ2v) is 8.17. The smallest absolute Gasteiger partial charge is 0.194 e. The maximum atomic E-state index is 6.00. The Morgan fingerprint density at radius 1 is 1.12 bits per heavy atom. The standard InChI is InChI=1S/C26H33N5O2/c1-3-27-26(31-13-14-33-25(18-31)24-16-29-30(2)17-24)28-15-22-11-7-8-12-23(22)20-32-19-21-9-5-4-6-10-21/h4-12,16-17,25H,3,13-15,18-20H2,1-2H3,(H,27,28). The summed E-state index contributed by atoms with van der Waals surface area (Å²) in [5.74, 6) is 0.912. The molecule has 1 aliphatic heterocycles. The first-order chi connectivity index (χ1) is 16.2. The van der Waals surface area contributed by atoms with E-state index in [0.717, 1.165) is 31.2 Å². The van der Waals surface area contributed by atoms with E-state index in [1.54, 1.807) is 0 Å². The maximum absolute atomic E-state index is 6.00. The zero-order valence-corrected chi connectivity index (χ0v) is 19.5. The minimum absolute atomic E-state index is 0.00465. The molecule has 1 fully saturated rings. The predicted octanol–water partition coefficient (Wildman–Crippen LogP) is 3.68. The number of rotatable bonds is 8. The van der Waals surface area contributed by atoms with E-state index in [1.165, 1.54) is 16.7 Å². The highest BCUT2D eigenvalue weighted by Crippen LogP contribution is 2.22. The first-order valence-corrected chi connectivity index (χ1v) is 11.5. The zero-order valence-electron chi connectivity index (χ0n) is 19.5. The van der Waals surface area contributed by atoms with Gasteiger partial charge in [-0.3, -0.25) is 4.68 Å². The maximum Gasteiger partial charge on any atom is 0.194 e. The molecule has 1 saturated heterocycles. The van der Waals surface area contributed by atoms with Crippen LogP contribution in [0.5, 0.6) is 0 Å². The Kier molecular flexibility index (Phi) is 8.11. The van der Waals surface area contributed by atoms with Crippen molar-refractivity contribution in [1.82, 2.24) is 20.0 Å². The molecule has 2 heterocycles. The van der Waals surface area contributed by atoms with Crippen molar-refractivity contribution in [2.45, 2.75) is 32.8 Å². The van der Waals surface area contributed by atoms with Crippen LogP contribution in [0.15, 0.2) is 72.0 Å². The van der Waals surface area contributed by atoms with Gasteiger partial charge in [0.15, 0.2) is 5.96 Å². The molecule has 0 saturated carbocycles. The molecule has 4 rings (SSSR count). The number of aromatic nitrogens is 2. The number of hydrogen-bond acceptors (Lipinski definition) is 4. The molecule has 33 heavy (non-hydrogen) atoms. The molecule has 7 nitrogen and oxygen atoms in total. The number of aliphatic imine (C=N–C) groups is 1. The lowest BCUT2D eigenvalue weighted by molar-refractivity contribution is -0.00805. The van der Waals surface area contributed by atoms with E-state index in [4.69, 9.17) is 14.5 Å². The van der Waals surface area contributed by atoms with Crippen LogP contribution in [0, 0.1) is 0 Å². The average molecular weight is 448 g/mol. The number of nitrogens with one attached hydrogen (secondary N) is 1. The fourth-order valence-electron chi connectivity index (χ4n) is 3.94. The summed E-state index contributed by atoms with van der Waals surface area (Å²) in [6.07, 6.45) is 3.89. The number of nitrogens with zero attached hydrogens (tertiary/aromatic N) is 4. The molecule has 0 radical (unpaired) electrons. The van der Waals surface area contributed by atoms with Crippen LogP contribution >= 0.6 is 0 Å². The van der Waals surface area contributed by atoms with Crippen molar-refractivity contribution >= 4 is 5.96 Å². The molecule has 2 aromatic carbocycles. The number of guanidine groups is 1. The van der Waals surface area contributed by atoms with Crippen LogP contribution in [0.1, 0.15) is 35.3 Å². The van der Waals surface area contributed by atoms with E-state index in [1.807, 2.05) is 42.3 Å². The van der Waals surface area contributed by atoms with Gasteiger partial charge in [-0.2, -0.15) is 5.10 Å². The Labute approximate surface area is 196 Å². The first kappa shape index (κ1) is 23.0. The topological polar surface area (TPSA) is 63.9 Å². The summed E-state index contributed by atoms with van der Waals surface area (Å²) in [6, 6.07) is 18.6. The lowest BCUT2D eigenvalue weighted by atomic mass is 10.1. The summed E-state index contributed by atoms with van der Waals surface area (Å²) in [6.45, 7) is 6.90. The summed E-state index contributed by atoms with van der Waals surface area (Å²) in [7, 11) is 1.93. The molecule has 1 N–H and O–H groups in total. The Hall–Kier alpha value is -3.16. The molecule has 7 heteroatoms. The van der Waals surface area contributed by atoms with E-state index < -0.39 is 0 Å². The molecule has 1 aliphatic rings. The van der Waals surface area contributed by atoms with Crippen molar-refractivity contribution in [3.8, 4) is 0 Å². The minimum atomic E-state index is -0.00465. The SMILES string of the molecule is CCNC(=NCc1ccccc1COCc1ccccc1)N1CCOC(c2cnn(C)c2)C1. The lowest BCUT2D eigenvalue weighted by Gasteiger charge is -2.34. The third-order valence-electron chi connectivity index (χ3n) is 5.68. The van der Waals surface area contributed by atoms with Gasteiger partial charge in [-0.1, -0.05) is 54.6 Å². The molecule has 1 atom stereocenters. The van der Waals surface area contributed by atoms with E-state index >= 15 is 0 Å². The van der Waals surface area contributed by atoms with Gasteiger partial charge >= 0.3 is 0 Å². The first-order valence-electron chi connectivity index (χ1n) is 11.5. The van der Waals surface area contributed by atoms with E-state index in [9.17, 15) is 0 Å². The van der Waals surface area contributed by atoms with Crippen LogP contribution in [-0.4, -0.2) is 46.9 Å². The molecule has 1 aromatic heterocycles. The third kappa shape index (κ3) is 6.43. The van der Waals surface area contributed by atoms with Crippen molar-refractivity contribution in [3.63, 3.8) is 0 Å². The number of hydrogen-bond donors (Lipinski definition) is 1. The van der Waals surface area contributed by atoms with Crippen molar-refractivity contribution in [2.24, 2.45) is 12.0 Å². The van der Waals surface area contributed by atoms with Crippen LogP contribution in [0.4, 0.5) is 0 Å². The molecule has 0 bridgehead atoms. The summed E-state index contributed by atoms with van der Waals surface area (Å²) in [5.41, 5.74) is 4.62. The second kappa shape index (κ2) is 11.6. The normalized spacial score (nSPS) is 16.7. The van der Waals surface area contributed by atoms with E-state index in [-0.39, 0.29) is 6.10 Å². The average Bonchev–Trinajstić information content (AvgIpc) is 3.29.